The lowest BCUT2D eigenvalue weighted by molar-refractivity contribution is 0.251. The molecule has 0 radical (unpaired) electrons. The van der Waals surface area contributed by atoms with Crippen LogP contribution in [0, 0.1) is 19.8 Å². The molecule has 0 saturated carbocycles. The standard InChI is InChI=1S/C19H28N4O/c1-15-16(2)24-19(21-15)14-22(3)11-6-17-7-12-23(13-8-17)18-4-9-20-10-5-18/h4-5,9-10,17H,6-8,11-14H2,1-3H3. The van der Waals surface area contributed by atoms with Gasteiger partial charge in [-0.15, -0.1) is 0 Å². The Labute approximate surface area is 144 Å². The lowest BCUT2D eigenvalue weighted by Crippen LogP contribution is -2.34. The van der Waals surface area contributed by atoms with Crippen LogP contribution >= 0.6 is 0 Å². The number of oxazole rings is 1. The van der Waals surface area contributed by atoms with E-state index in [-0.39, 0.29) is 0 Å². The van der Waals surface area contributed by atoms with Gasteiger partial charge in [-0.2, -0.15) is 0 Å². The number of anilines is 1. The molecule has 0 unspecified atom stereocenters. The van der Waals surface area contributed by atoms with Gasteiger partial charge in [0.15, 0.2) is 0 Å². The van der Waals surface area contributed by atoms with E-state index in [0.717, 1.165) is 49.4 Å². The van der Waals surface area contributed by atoms with Crippen molar-refractivity contribution in [2.45, 2.75) is 39.7 Å². The molecular formula is C19H28N4O. The molecule has 0 aromatic carbocycles. The van der Waals surface area contributed by atoms with E-state index in [2.05, 4.69) is 38.9 Å². The number of rotatable bonds is 6. The molecule has 2 aromatic heterocycles. The SMILES string of the molecule is Cc1nc(CN(C)CCC2CCN(c3ccncc3)CC2)oc1C. The van der Waals surface area contributed by atoms with Crippen molar-refractivity contribution in [2.24, 2.45) is 5.92 Å². The molecule has 130 valence electrons. The summed E-state index contributed by atoms with van der Waals surface area (Å²) in [5.74, 6) is 2.58. The van der Waals surface area contributed by atoms with Crippen LogP contribution in [0.25, 0.3) is 0 Å². The third-order valence-electron chi connectivity index (χ3n) is 5.04. The lowest BCUT2D eigenvalue weighted by atomic mass is 9.93. The van der Waals surface area contributed by atoms with E-state index in [9.17, 15) is 0 Å². The van der Waals surface area contributed by atoms with Gasteiger partial charge in [-0.1, -0.05) is 0 Å². The molecule has 1 aliphatic rings. The molecule has 0 amide bonds. The van der Waals surface area contributed by atoms with Crippen LogP contribution in [0.4, 0.5) is 5.69 Å². The zero-order chi connectivity index (χ0) is 16.9. The summed E-state index contributed by atoms with van der Waals surface area (Å²) in [6.45, 7) is 8.17. The monoisotopic (exact) mass is 328 g/mol. The van der Waals surface area contributed by atoms with E-state index in [1.807, 2.05) is 26.2 Å². The van der Waals surface area contributed by atoms with Gasteiger partial charge in [0, 0.05) is 31.2 Å². The summed E-state index contributed by atoms with van der Waals surface area (Å²) in [5.41, 5.74) is 2.30. The summed E-state index contributed by atoms with van der Waals surface area (Å²) >= 11 is 0. The van der Waals surface area contributed by atoms with Crippen molar-refractivity contribution in [1.82, 2.24) is 14.9 Å². The Kier molecular flexibility index (Phi) is 5.51. The fourth-order valence-corrected chi connectivity index (χ4v) is 3.35. The number of aromatic nitrogens is 2. The maximum atomic E-state index is 5.68. The van der Waals surface area contributed by atoms with Crippen molar-refractivity contribution in [3.63, 3.8) is 0 Å². The molecule has 5 nitrogen and oxygen atoms in total. The number of hydrogen-bond donors (Lipinski definition) is 0. The molecule has 2 aromatic rings. The minimum atomic E-state index is 0.796. The van der Waals surface area contributed by atoms with E-state index >= 15 is 0 Å². The highest BCUT2D eigenvalue weighted by Gasteiger charge is 2.20. The minimum absolute atomic E-state index is 0.796. The Morgan fingerprint density at radius 1 is 1.21 bits per heavy atom. The number of hydrogen-bond acceptors (Lipinski definition) is 5. The fraction of sp³-hybridized carbons (Fsp3) is 0.579. The second kappa shape index (κ2) is 7.79. The van der Waals surface area contributed by atoms with Crippen molar-refractivity contribution >= 4 is 5.69 Å². The van der Waals surface area contributed by atoms with E-state index in [1.54, 1.807) is 0 Å². The van der Waals surface area contributed by atoms with Crippen molar-refractivity contribution in [2.75, 3.05) is 31.6 Å². The molecule has 0 bridgehead atoms. The molecule has 5 heteroatoms. The van der Waals surface area contributed by atoms with Crippen LogP contribution in [0.3, 0.4) is 0 Å². The predicted molar refractivity (Wildman–Crippen MR) is 96.1 cm³/mol. The maximum Gasteiger partial charge on any atom is 0.208 e. The van der Waals surface area contributed by atoms with Gasteiger partial charge in [0.05, 0.1) is 12.2 Å². The number of nitrogens with zero attached hydrogens (tertiary/aromatic N) is 4. The largest absolute Gasteiger partial charge is 0.444 e. The van der Waals surface area contributed by atoms with Crippen molar-refractivity contribution in [3.05, 3.63) is 41.9 Å². The van der Waals surface area contributed by atoms with E-state index in [0.29, 0.717) is 0 Å². The van der Waals surface area contributed by atoms with Gasteiger partial charge < -0.3 is 9.32 Å². The van der Waals surface area contributed by atoms with Crippen LogP contribution in [0.1, 0.15) is 36.6 Å². The fourth-order valence-electron chi connectivity index (χ4n) is 3.35. The first-order chi connectivity index (χ1) is 11.6. The Bertz CT molecular complexity index is 613. The van der Waals surface area contributed by atoms with Crippen molar-refractivity contribution in [1.29, 1.82) is 0 Å². The van der Waals surface area contributed by atoms with Gasteiger partial charge in [0.1, 0.15) is 5.76 Å². The van der Waals surface area contributed by atoms with Crippen LogP contribution in [0.2, 0.25) is 0 Å². The van der Waals surface area contributed by atoms with Crippen LogP contribution in [0.5, 0.6) is 0 Å². The third kappa shape index (κ3) is 4.35. The molecule has 0 aliphatic carbocycles. The molecule has 1 fully saturated rings. The molecule has 3 rings (SSSR count). The molecule has 1 saturated heterocycles. The molecule has 24 heavy (non-hydrogen) atoms. The average Bonchev–Trinajstić information content (AvgIpc) is 2.92. The van der Waals surface area contributed by atoms with Gasteiger partial charge in [0.25, 0.3) is 0 Å². The first-order valence-electron chi connectivity index (χ1n) is 8.88. The molecule has 0 atom stereocenters. The van der Waals surface area contributed by atoms with E-state index < -0.39 is 0 Å². The van der Waals surface area contributed by atoms with Gasteiger partial charge in [-0.05, 0) is 64.8 Å². The number of aryl methyl sites for hydroxylation is 2. The number of pyridine rings is 1. The van der Waals surface area contributed by atoms with Gasteiger partial charge >= 0.3 is 0 Å². The predicted octanol–water partition coefficient (Wildman–Crippen LogP) is 3.42. The summed E-state index contributed by atoms with van der Waals surface area (Å²) in [4.78, 5) is 13.4. The zero-order valence-corrected chi connectivity index (χ0v) is 15.0. The highest BCUT2D eigenvalue weighted by Crippen LogP contribution is 2.25. The maximum absolute atomic E-state index is 5.68. The Morgan fingerprint density at radius 2 is 1.92 bits per heavy atom. The zero-order valence-electron chi connectivity index (χ0n) is 15.0. The van der Waals surface area contributed by atoms with Gasteiger partial charge in [-0.25, -0.2) is 4.98 Å². The second-order valence-electron chi connectivity index (χ2n) is 6.91. The summed E-state index contributed by atoms with van der Waals surface area (Å²) in [6, 6.07) is 4.21. The first kappa shape index (κ1) is 17.0. The van der Waals surface area contributed by atoms with Crippen LogP contribution in [-0.4, -0.2) is 41.5 Å². The summed E-state index contributed by atoms with van der Waals surface area (Å²) in [5, 5.41) is 0. The van der Waals surface area contributed by atoms with Gasteiger partial charge in [0.2, 0.25) is 5.89 Å². The molecule has 0 spiro atoms. The third-order valence-corrected chi connectivity index (χ3v) is 5.04. The molecule has 3 heterocycles. The van der Waals surface area contributed by atoms with E-state index in [1.165, 1.54) is 24.9 Å². The van der Waals surface area contributed by atoms with Crippen molar-refractivity contribution in [3.8, 4) is 0 Å². The Morgan fingerprint density at radius 3 is 2.54 bits per heavy atom. The average molecular weight is 328 g/mol. The summed E-state index contributed by atoms with van der Waals surface area (Å²) < 4.78 is 5.68. The quantitative estimate of drug-likeness (QED) is 0.813. The van der Waals surface area contributed by atoms with Gasteiger partial charge in [-0.3, -0.25) is 9.88 Å². The molecular weight excluding hydrogens is 300 g/mol. The van der Waals surface area contributed by atoms with Crippen LogP contribution in [0.15, 0.2) is 28.9 Å². The lowest BCUT2D eigenvalue weighted by Gasteiger charge is -2.34. The smallest absolute Gasteiger partial charge is 0.208 e. The molecule has 0 N–H and O–H groups in total. The Hall–Kier alpha value is -1.88. The number of piperidine rings is 1. The minimum Gasteiger partial charge on any atom is -0.444 e. The van der Waals surface area contributed by atoms with Crippen LogP contribution in [-0.2, 0) is 6.54 Å². The van der Waals surface area contributed by atoms with E-state index in [4.69, 9.17) is 4.42 Å². The Balaban J connectivity index is 1.40. The topological polar surface area (TPSA) is 45.4 Å². The first-order valence-corrected chi connectivity index (χ1v) is 8.88. The highest BCUT2D eigenvalue weighted by molar-refractivity contribution is 5.44. The summed E-state index contributed by atoms with van der Waals surface area (Å²) in [7, 11) is 2.15. The van der Waals surface area contributed by atoms with Crippen molar-refractivity contribution < 1.29 is 4.42 Å². The summed E-state index contributed by atoms with van der Waals surface area (Å²) in [6.07, 6.45) is 7.55. The normalized spacial score (nSPS) is 16.1. The van der Waals surface area contributed by atoms with Crippen LogP contribution < -0.4 is 4.90 Å². The highest BCUT2D eigenvalue weighted by atomic mass is 16.4. The molecule has 1 aliphatic heterocycles. The second-order valence-corrected chi connectivity index (χ2v) is 6.91.